The molecule has 6 atom stereocenters. The van der Waals surface area contributed by atoms with E-state index in [1.54, 1.807) is 34.5 Å². The van der Waals surface area contributed by atoms with Crippen LogP contribution in [0, 0.1) is 24.0 Å². The number of aliphatic hydroxyl groups is 4. The molecule has 0 bridgehead atoms. The number of hydrogen-bond donors (Lipinski definition) is 7. The van der Waals surface area contributed by atoms with E-state index in [4.69, 9.17) is 28.4 Å². The lowest BCUT2D eigenvalue weighted by atomic mass is 9.85. The van der Waals surface area contributed by atoms with E-state index in [-0.39, 0.29) is 101 Å². The Hall–Kier alpha value is -7.92. The van der Waals surface area contributed by atoms with Crippen molar-refractivity contribution in [2.45, 2.75) is 96.9 Å². The summed E-state index contributed by atoms with van der Waals surface area (Å²) in [6.07, 6.45) is -6.11. The molecule has 442 valence electrons. The molecular formula is C55H66F2N8O17. The van der Waals surface area contributed by atoms with Crippen molar-refractivity contribution in [2.75, 3.05) is 58.5 Å². The van der Waals surface area contributed by atoms with Crippen molar-refractivity contribution in [1.29, 1.82) is 0 Å². The minimum absolute atomic E-state index is 0.0230. The number of aromatic nitrogens is 4. The Morgan fingerprint density at radius 3 is 2.33 bits per heavy atom. The van der Waals surface area contributed by atoms with E-state index in [1.807, 2.05) is 27.7 Å². The number of carboxylic acids is 1. The van der Waals surface area contributed by atoms with Crippen LogP contribution in [0.5, 0.6) is 11.5 Å². The number of aliphatic hydroxyl groups excluding tert-OH is 4. The number of carboxylic acid groups (broad SMARTS) is 1. The number of benzene rings is 2. The maximum Gasteiger partial charge on any atom is 0.410 e. The molecule has 1 saturated heterocycles. The van der Waals surface area contributed by atoms with Crippen LogP contribution in [0.2, 0.25) is 0 Å². The Morgan fingerprint density at radius 1 is 0.902 bits per heavy atom. The molecule has 27 heteroatoms. The van der Waals surface area contributed by atoms with Gasteiger partial charge in [-0.25, -0.2) is 19.0 Å². The maximum atomic E-state index is 15.6. The molecule has 5 heterocycles. The van der Waals surface area contributed by atoms with Crippen LogP contribution in [-0.2, 0) is 69.5 Å². The number of carbonyl (C=O) groups is 6. The molecule has 2 aromatic carbocycles. The highest BCUT2D eigenvalue weighted by molar-refractivity contribution is 6.12. The third kappa shape index (κ3) is 15.1. The van der Waals surface area contributed by atoms with Gasteiger partial charge >= 0.3 is 12.1 Å². The van der Waals surface area contributed by atoms with Crippen molar-refractivity contribution >= 4 is 47.0 Å². The number of nitrogens with zero attached hydrogens (tertiary/aromatic N) is 6. The molecule has 5 aromatic rings. The topological polar surface area (TPSA) is 325 Å². The number of aliphatic carboxylic acids is 1. The minimum Gasteiger partial charge on any atom is -0.489 e. The number of imidazole rings is 1. The average molecular weight is 1150 g/mol. The first-order valence-electron chi connectivity index (χ1n) is 26.1. The summed E-state index contributed by atoms with van der Waals surface area (Å²) in [5.41, 5.74) is 3.29. The molecule has 1 fully saturated rings. The zero-order valence-electron chi connectivity index (χ0n) is 45.9. The highest BCUT2D eigenvalue weighted by Crippen LogP contribution is 2.37. The Kier molecular flexibility index (Phi) is 20.5. The quantitative estimate of drug-likeness (QED) is 0.0309. The number of rotatable bonds is 26. The van der Waals surface area contributed by atoms with Crippen molar-refractivity contribution in [2.24, 2.45) is 12.5 Å². The summed E-state index contributed by atoms with van der Waals surface area (Å²) in [5.74, 6) is -6.43. The molecule has 2 aliphatic heterocycles. The Morgan fingerprint density at radius 2 is 1.62 bits per heavy atom. The molecule has 3 aromatic heterocycles. The highest BCUT2D eigenvalue weighted by Gasteiger charge is 2.48. The number of aryl methyl sites for hydroxylation is 1. The molecule has 7 rings (SSSR count). The van der Waals surface area contributed by atoms with Gasteiger partial charge in [0.2, 0.25) is 23.9 Å². The van der Waals surface area contributed by atoms with E-state index in [1.165, 1.54) is 54.6 Å². The summed E-state index contributed by atoms with van der Waals surface area (Å²) in [6.45, 7) is 7.35. The number of fused-ring (bicyclic) bond motifs is 1. The van der Waals surface area contributed by atoms with Crippen LogP contribution < -0.4 is 20.1 Å². The Balaban J connectivity index is 0.963. The molecular weight excluding hydrogens is 1080 g/mol. The van der Waals surface area contributed by atoms with Crippen LogP contribution in [0.1, 0.15) is 67.9 Å². The molecule has 5 amide bonds. The predicted molar refractivity (Wildman–Crippen MR) is 284 cm³/mol. The molecule has 1 unspecified atom stereocenters. The third-order valence-electron chi connectivity index (χ3n) is 13.4. The van der Waals surface area contributed by atoms with Crippen LogP contribution in [0.4, 0.5) is 19.3 Å². The van der Waals surface area contributed by atoms with Crippen molar-refractivity contribution < 1.29 is 91.5 Å². The number of carbonyl (C=O) groups excluding carboxylic acids is 5. The second-order valence-electron chi connectivity index (χ2n) is 20.5. The molecule has 25 nitrogen and oxygen atoms in total. The fraction of sp³-hybridized carbons (Fsp3) is 0.455. The summed E-state index contributed by atoms with van der Waals surface area (Å²) in [4.78, 5) is 81.0. The lowest BCUT2D eigenvalue weighted by Crippen LogP contribution is -2.61. The summed E-state index contributed by atoms with van der Waals surface area (Å²) in [6, 6.07) is 9.78. The van der Waals surface area contributed by atoms with Gasteiger partial charge in [0.25, 0.3) is 11.8 Å². The summed E-state index contributed by atoms with van der Waals surface area (Å²) in [7, 11) is 3.22. The molecule has 2 aliphatic rings. The van der Waals surface area contributed by atoms with Gasteiger partial charge in [0, 0.05) is 80.6 Å². The largest absolute Gasteiger partial charge is 0.489 e. The van der Waals surface area contributed by atoms with Crippen molar-refractivity contribution in [3.05, 3.63) is 107 Å². The molecule has 7 N–H and O–H groups in total. The first-order valence-corrected chi connectivity index (χ1v) is 26.1. The van der Waals surface area contributed by atoms with E-state index < -0.39 is 89.6 Å². The number of imide groups is 1. The monoisotopic (exact) mass is 1150 g/mol. The first kappa shape index (κ1) is 61.7. The number of pyridine rings is 1. The van der Waals surface area contributed by atoms with Crippen molar-refractivity contribution in [3.8, 4) is 22.6 Å². The standard InChI is InChI=1S/C55H66F2N8O17/c1-30-34(45(61-63(30)6)51(73)55(2,3)4)16-21-79-49-35(9-10-36(56)44(49)57)32-8-12-39-59-26-33(65(39)27-32)28-62(5)54(76)80-29-31-7-11-38(81-53-48(72)46(70)47(71)50(82-53)52(74)75)37(25-31)60-41(67)15-18-58-40(66)17-20-77-23-24-78-22-19-64-42(68)13-14-43(64)69/h7-14,25-27,46-48,50-51,53,70-73H,15-24,28-29H2,1-6H3,(H,58,66)(H,60,67)(H,74,75)/t46-,47-,48+,50-,51?,53+/m0/s1. The normalized spacial score (nSPS) is 18.4. The fourth-order valence-electron chi connectivity index (χ4n) is 8.69. The van der Waals surface area contributed by atoms with Gasteiger partial charge in [-0.15, -0.1) is 0 Å². The van der Waals surface area contributed by atoms with Gasteiger partial charge < -0.3 is 73.9 Å². The van der Waals surface area contributed by atoms with Gasteiger partial charge in [0.1, 0.15) is 42.4 Å². The van der Waals surface area contributed by atoms with Crippen molar-refractivity contribution in [3.63, 3.8) is 0 Å². The number of halogens is 2. The van der Waals surface area contributed by atoms with Gasteiger partial charge in [-0.1, -0.05) is 26.8 Å². The van der Waals surface area contributed by atoms with E-state index in [9.17, 15) is 58.7 Å². The average Bonchev–Trinajstić information content (AvgIpc) is 3.91. The van der Waals surface area contributed by atoms with Gasteiger partial charge in [-0.2, -0.15) is 9.49 Å². The van der Waals surface area contributed by atoms with E-state index in [0.29, 0.717) is 28.2 Å². The molecule has 0 radical (unpaired) electrons. The second-order valence-corrected chi connectivity index (χ2v) is 20.5. The zero-order valence-corrected chi connectivity index (χ0v) is 45.9. The van der Waals surface area contributed by atoms with E-state index in [0.717, 1.165) is 22.2 Å². The third-order valence-corrected chi connectivity index (χ3v) is 13.4. The number of hydrogen-bond acceptors (Lipinski definition) is 18. The maximum absolute atomic E-state index is 15.6. The number of amides is 5. The molecule has 0 spiro atoms. The van der Waals surface area contributed by atoms with E-state index in [2.05, 4.69) is 20.7 Å². The molecule has 82 heavy (non-hydrogen) atoms. The second kappa shape index (κ2) is 27.2. The number of ether oxygens (including phenoxy) is 6. The Labute approximate surface area is 468 Å². The van der Waals surface area contributed by atoms with E-state index >= 15 is 4.39 Å². The summed E-state index contributed by atoms with van der Waals surface area (Å²) >= 11 is 0. The summed E-state index contributed by atoms with van der Waals surface area (Å²) in [5, 5.41) is 61.7. The Bertz CT molecular complexity index is 3160. The van der Waals surface area contributed by atoms with Crippen LogP contribution in [0.25, 0.3) is 16.8 Å². The first-order chi connectivity index (χ1) is 38.9. The molecule has 0 saturated carbocycles. The lowest BCUT2D eigenvalue weighted by molar-refractivity contribution is -0.271. The highest BCUT2D eigenvalue weighted by atomic mass is 19.2. The van der Waals surface area contributed by atoms with Crippen LogP contribution in [0.3, 0.4) is 0 Å². The predicted octanol–water partition coefficient (Wildman–Crippen LogP) is 2.86. The van der Waals surface area contributed by atoms with Crippen LogP contribution >= 0.6 is 0 Å². The minimum atomic E-state index is -2.01. The fourth-order valence-corrected chi connectivity index (χ4v) is 8.69. The number of nitrogens with one attached hydrogen (secondary N) is 2. The van der Waals surface area contributed by atoms with Crippen LogP contribution in [-0.4, -0.2) is 174 Å². The zero-order chi connectivity index (χ0) is 59.6. The van der Waals surface area contributed by atoms with Gasteiger partial charge in [-0.3, -0.25) is 28.8 Å². The van der Waals surface area contributed by atoms with Gasteiger partial charge in [0.15, 0.2) is 17.7 Å². The van der Waals surface area contributed by atoms with Crippen molar-refractivity contribution in [1.82, 2.24) is 34.3 Å². The summed E-state index contributed by atoms with van der Waals surface area (Å²) < 4.78 is 67.2. The molecule has 0 aliphatic carbocycles. The SMILES string of the molecule is Cc1c(CCOc2c(-c3ccc4ncc(CN(C)C(=O)OCc5ccc(O[C@@H]6O[C@H](C(=O)O)[C@@H](O)[C@H](O)[C@H]6O)c(NC(=O)CCNC(=O)CCOCCOCCN6C(=O)C=CC6=O)c5)n4c3)ccc(F)c2F)c(C(O)C(C)(C)C)nn1C. The lowest BCUT2D eigenvalue weighted by Gasteiger charge is -2.38. The van der Waals surface area contributed by atoms with Crippen LogP contribution in [0.15, 0.2) is 67.0 Å². The number of anilines is 1. The smallest absolute Gasteiger partial charge is 0.410 e. The van der Waals surface area contributed by atoms with Gasteiger partial charge in [-0.05, 0) is 54.3 Å². The van der Waals surface area contributed by atoms with Gasteiger partial charge in [0.05, 0.1) is 69.4 Å².